The van der Waals surface area contributed by atoms with Gasteiger partial charge in [0.25, 0.3) is 0 Å². The molecule has 1 saturated heterocycles. The van der Waals surface area contributed by atoms with Gasteiger partial charge in [-0.15, -0.1) is 0 Å². The van der Waals surface area contributed by atoms with Crippen molar-refractivity contribution in [3.63, 3.8) is 0 Å². The highest BCUT2D eigenvalue weighted by atomic mass is 16.6. The fraction of sp³-hybridized carbons (Fsp3) is 0.759. The van der Waals surface area contributed by atoms with Gasteiger partial charge in [0.1, 0.15) is 19.3 Å². The molecular formula is C29H46N2O5. The first kappa shape index (κ1) is 27.2. The number of carbonyl (C=O) groups excluding carboxylic acids is 1. The van der Waals surface area contributed by atoms with Gasteiger partial charge in [0.2, 0.25) is 5.91 Å². The van der Waals surface area contributed by atoms with Crippen LogP contribution in [0.15, 0.2) is 18.2 Å². The van der Waals surface area contributed by atoms with Gasteiger partial charge in [0, 0.05) is 13.0 Å². The summed E-state index contributed by atoms with van der Waals surface area (Å²) >= 11 is 0. The molecule has 0 aromatic heterocycles. The number of fused-ring (bicyclic) bond motifs is 1. The number of benzene rings is 1. The third-order valence-corrected chi connectivity index (χ3v) is 8.36. The fourth-order valence-electron chi connectivity index (χ4n) is 6.10. The number of unbranched alkanes of at least 4 members (excludes halogenated alkanes) is 2. The summed E-state index contributed by atoms with van der Waals surface area (Å²) in [6.45, 7) is 5.66. The summed E-state index contributed by atoms with van der Waals surface area (Å²) in [6.07, 6.45) is 11.4. The number of amides is 1. The van der Waals surface area contributed by atoms with Gasteiger partial charge in [0.05, 0.1) is 11.6 Å². The maximum absolute atomic E-state index is 12.9. The van der Waals surface area contributed by atoms with Crippen LogP contribution in [0.4, 0.5) is 0 Å². The van der Waals surface area contributed by atoms with E-state index in [4.69, 9.17) is 9.47 Å². The Morgan fingerprint density at radius 2 is 1.78 bits per heavy atom. The number of nitrogens with zero attached hydrogens (tertiary/aromatic N) is 1. The van der Waals surface area contributed by atoms with E-state index in [2.05, 4.69) is 10.2 Å². The lowest BCUT2D eigenvalue weighted by Gasteiger charge is -2.35. The van der Waals surface area contributed by atoms with E-state index in [1.807, 2.05) is 25.1 Å². The number of carbonyl (C=O) groups is 1. The molecule has 2 aliphatic heterocycles. The van der Waals surface area contributed by atoms with E-state index < -0.39 is 11.7 Å². The lowest BCUT2D eigenvalue weighted by atomic mass is 9.75. The van der Waals surface area contributed by atoms with Crippen LogP contribution < -0.4 is 14.8 Å². The second-order valence-corrected chi connectivity index (χ2v) is 11.3. The molecule has 0 spiro atoms. The Morgan fingerprint density at radius 1 is 1.06 bits per heavy atom. The van der Waals surface area contributed by atoms with Gasteiger partial charge in [-0.1, -0.05) is 38.2 Å². The standard InChI is InChI=1S/C29H46N2O5/c1-29(34,23-10-4-2-5-11-23)15-7-3-6-12-27(32)30-24(21-31-16-8-9-17-31)28(33)22-13-14-25-26(20-22)36-19-18-35-25/h13-14,20,23-24,28,33-34H,2-12,15-19,21H2,1H3,(H,30,32)/t24-,28+,29?/m1/s1. The SMILES string of the molecule is CC(O)(CCCCCC(=O)N[C@H](CN1CCCC1)[C@@H](O)c1ccc2c(c1)OCCO2)C1CCCCC1. The van der Waals surface area contributed by atoms with Gasteiger partial charge in [-0.25, -0.2) is 0 Å². The van der Waals surface area contributed by atoms with Crippen molar-refractivity contribution >= 4 is 5.91 Å². The molecular weight excluding hydrogens is 456 g/mol. The summed E-state index contributed by atoms with van der Waals surface area (Å²) in [5.74, 6) is 1.74. The smallest absolute Gasteiger partial charge is 0.220 e. The number of aliphatic hydroxyl groups is 2. The average Bonchev–Trinajstić information content (AvgIpc) is 3.41. The minimum Gasteiger partial charge on any atom is -0.486 e. The average molecular weight is 503 g/mol. The number of rotatable bonds is 12. The van der Waals surface area contributed by atoms with E-state index in [0.717, 1.165) is 70.0 Å². The molecule has 1 amide bonds. The Bertz CT molecular complexity index is 833. The summed E-state index contributed by atoms with van der Waals surface area (Å²) in [6, 6.07) is 5.15. The van der Waals surface area contributed by atoms with Crippen molar-refractivity contribution in [3.8, 4) is 11.5 Å². The summed E-state index contributed by atoms with van der Waals surface area (Å²) in [5.41, 5.74) is 0.144. The molecule has 3 atom stereocenters. The third-order valence-electron chi connectivity index (χ3n) is 8.36. The number of likely N-dealkylation sites (tertiary alicyclic amines) is 1. The molecule has 0 bridgehead atoms. The molecule has 1 aromatic rings. The van der Waals surface area contributed by atoms with Gasteiger partial charge < -0.3 is 29.9 Å². The summed E-state index contributed by atoms with van der Waals surface area (Å²) < 4.78 is 11.3. The van der Waals surface area contributed by atoms with Crippen molar-refractivity contribution in [2.45, 2.75) is 102 Å². The highest BCUT2D eigenvalue weighted by Crippen LogP contribution is 2.36. The van der Waals surface area contributed by atoms with Gasteiger partial charge in [0.15, 0.2) is 11.5 Å². The highest BCUT2D eigenvalue weighted by molar-refractivity contribution is 5.76. The number of ether oxygens (including phenoxy) is 2. The van der Waals surface area contributed by atoms with Crippen molar-refractivity contribution in [2.24, 2.45) is 5.92 Å². The van der Waals surface area contributed by atoms with Gasteiger partial charge in [-0.3, -0.25) is 4.79 Å². The van der Waals surface area contributed by atoms with E-state index in [1.165, 1.54) is 19.3 Å². The first-order chi connectivity index (χ1) is 17.4. The predicted octanol–water partition coefficient (Wildman–Crippen LogP) is 4.35. The molecule has 1 unspecified atom stereocenters. The van der Waals surface area contributed by atoms with Crippen molar-refractivity contribution in [3.05, 3.63) is 23.8 Å². The summed E-state index contributed by atoms with van der Waals surface area (Å²) in [4.78, 5) is 15.2. The van der Waals surface area contributed by atoms with E-state index in [9.17, 15) is 15.0 Å². The molecule has 202 valence electrons. The Kier molecular flexibility index (Phi) is 9.91. The highest BCUT2D eigenvalue weighted by Gasteiger charge is 2.32. The van der Waals surface area contributed by atoms with Crippen LogP contribution in [0.5, 0.6) is 11.5 Å². The van der Waals surface area contributed by atoms with Crippen LogP contribution in [0.2, 0.25) is 0 Å². The maximum Gasteiger partial charge on any atom is 0.220 e. The van der Waals surface area contributed by atoms with Crippen molar-refractivity contribution in [2.75, 3.05) is 32.8 Å². The van der Waals surface area contributed by atoms with E-state index in [1.54, 1.807) is 0 Å². The second-order valence-electron chi connectivity index (χ2n) is 11.3. The van der Waals surface area contributed by atoms with Crippen LogP contribution in [0.3, 0.4) is 0 Å². The predicted molar refractivity (Wildman–Crippen MR) is 140 cm³/mol. The number of nitrogens with one attached hydrogen (secondary N) is 1. The van der Waals surface area contributed by atoms with Crippen LogP contribution in [0.25, 0.3) is 0 Å². The minimum atomic E-state index is -0.823. The molecule has 2 fully saturated rings. The maximum atomic E-state index is 12.9. The third kappa shape index (κ3) is 7.59. The Labute approximate surface area is 216 Å². The van der Waals surface area contributed by atoms with Crippen molar-refractivity contribution in [1.82, 2.24) is 10.2 Å². The van der Waals surface area contributed by atoms with E-state index in [0.29, 0.717) is 43.6 Å². The first-order valence-electron chi connectivity index (χ1n) is 14.2. The summed E-state index contributed by atoms with van der Waals surface area (Å²) in [7, 11) is 0. The van der Waals surface area contributed by atoms with Crippen LogP contribution >= 0.6 is 0 Å². The van der Waals surface area contributed by atoms with Crippen molar-refractivity contribution < 1.29 is 24.5 Å². The molecule has 1 aliphatic carbocycles. The monoisotopic (exact) mass is 502 g/mol. The molecule has 3 aliphatic rings. The van der Waals surface area contributed by atoms with Gasteiger partial charge in [-0.2, -0.15) is 0 Å². The second kappa shape index (κ2) is 13.1. The van der Waals surface area contributed by atoms with Crippen LogP contribution in [0, 0.1) is 5.92 Å². The molecule has 1 aromatic carbocycles. The first-order valence-corrected chi connectivity index (χ1v) is 14.2. The fourth-order valence-corrected chi connectivity index (χ4v) is 6.10. The van der Waals surface area contributed by atoms with Crippen molar-refractivity contribution in [1.29, 1.82) is 0 Å². The lowest BCUT2D eigenvalue weighted by Crippen LogP contribution is -2.46. The molecule has 0 radical (unpaired) electrons. The van der Waals surface area contributed by atoms with Gasteiger partial charge in [-0.05, 0) is 82.2 Å². The zero-order chi connectivity index (χ0) is 25.4. The molecule has 1 saturated carbocycles. The largest absolute Gasteiger partial charge is 0.486 e. The van der Waals surface area contributed by atoms with Gasteiger partial charge >= 0.3 is 0 Å². The molecule has 3 N–H and O–H groups in total. The zero-order valence-electron chi connectivity index (χ0n) is 22.1. The minimum absolute atomic E-state index is 0.0187. The van der Waals surface area contributed by atoms with E-state index in [-0.39, 0.29) is 11.9 Å². The summed E-state index contributed by atoms with van der Waals surface area (Å²) in [5, 5.41) is 25.3. The number of hydrogen-bond acceptors (Lipinski definition) is 6. The number of hydrogen-bond donors (Lipinski definition) is 3. The quantitative estimate of drug-likeness (QED) is 0.368. The Balaban J connectivity index is 1.26. The Morgan fingerprint density at radius 3 is 2.53 bits per heavy atom. The molecule has 7 nitrogen and oxygen atoms in total. The zero-order valence-corrected chi connectivity index (χ0v) is 22.1. The molecule has 2 heterocycles. The molecule has 36 heavy (non-hydrogen) atoms. The molecule has 7 heteroatoms. The normalized spacial score (nSPS) is 22.1. The topological polar surface area (TPSA) is 91.3 Å². The van der Waals surface area contributed by atoms with Crippen LogP contribution in [0.1, 0.15) is 95.6 Å². The molecule has 4 rings (SSSR count). The van der Waals surface area contributed by atoms with Crippen LogP contribution in [-0.4, -0.2) is 65.5 Å². The number of aliphatic hydroxyl groups excluding tert-OH is 1. The lowest BCUT2D eigenvalue weighted by molar-refractivity contribution is -0.123. The van der Waals surface area contributed by atoms with E-state index >= 15 is 0 Å². The Hall–Kier alpha value is -1.83. The van der Waals surface area contributed by atoms with Crippen LogP contribution in [-0.2, 0) is 4.79 Å².